The standard InChI is InChI=1S/C17H19N3O5/c1-11-10-14(21)15(19-20(11)12-6-4-3-5-7-12)16(22)18-13(17(23)24)8-9-25-2/h3-7,10,13H,8-9H2,1-2H3,(H,18,22)(H,23,24). The molecule has 1 aromatic heterocycles. The number of hydrogen-bond donors (Lipinski definition) is 2. The number of aryl methyl sites for hydroxylation is 1. The minimum atomic E-state index is -1.21. The second kappa shape index (κ2) is 8.20. The van der Waals surface area contributed by atoms with Gasteiger partial charge in [0.25, 0.3) is 5.91 Å². The maximum absolute atomic E-state index is 12.3. The molecule has 0 saturated carbocycles. The molecule has 2 N–H and O–H groups in total. The lowest BCUT2D eigenvalue weighted by molar-refractivity contribution is -0.139. The summed E-state index contributed by atoms with van der Waals surface area (Å²) in [6.45, 7) is 1.86. The van der Waals surface area contributed by atoms with Crippen LogP contribution in [0.5, 0.6) is 0 Å². The summed E-state index contributed by atoms with van der Waals surface area (Å²) < 4.78 is 6.29. The SMILES string of the molecule is COCCC(NC(=O)c1nn(-c2ccccc2)c(C)cc1=O)C(=O)O. The Hall–Kier alpha value is -3.00. The van der Waals surface area contributed by atoms with Crippen LogP contribution in [-0.2, 0) is 9.53 Å². The summed E-state index contributed by atoms with van der Waals surface area (Å²) in [6, 6.07) is 9.14. The second-order valence-corrected chi connectivity index (χ2v) is 5.39. The van der Waals surface area contributed by atoms with Crippen molar-refractivity contribution < 1.29 is 19.4 Å². The molecule has 1 heterocycles. The van der Waals surface area contributed by atoms with Crippen LogP contribution < -0.4 is 10.7 Å². The monoisotopic (exact) mass is 345 g/mol. The van der Waals surface area contributed by atoms with Crippen molar-refractivity contribution in [1.29, 1.82) is 0 Å². The van der Waals surface area contributed by atoms with Crippen LogP contribution in [0, 0.1) is 6.92 Å². The van der Waals surface area contributed by atoms with E-state index in [2.05, 4.69) is 10.4 Å². The zero-order chi connectivity index (χ0) is 18.4. The van der Waals surface area contributed by atoms with E-state index < -0.39 is 23.3 Å². The minimum Gasteiger partial charge on any atom is -0.480 e. The highest BCUT2D eigenvalue weighted by atomic mass is 16.5. The Kier molecular flexibility index (Phi) is 6.02. The van der Waals surface area contributed by atoms with Gasteiger partial charge in [0.15, 0.2) is 5.69 Å². The number of benzene rings is 1. The molecule has 2 rings (SSSR count). The summed E-state index contributed by atoms with van der Waals surface area (Å²) in [5, 5.41) is 15.6. The number of rotatable bonds is 7. The van der Waals surface area contributed by atoms with E-state index in [1.54, 1.807) is 31.2 Å². The number of methoxy groups -OCH3 is 1. The maximum Gasteiger partial charge on any atom is 0.326 e. The Morgan fingerprint density at radius 3 is 2.60 bits per heavy atom. The number of hydrogen-bond acceptors (Lipinski definition) is 5. The summed E-state index contributed by atoms with van der Waals surface area (Å²) in [6.07, 6.45) is 0.0797. The molecular weight excluding hydrogens is 326 g/mol. The zero-order valence-corrected chi connectivity index (χ0v) is 13.9. The molecule has 1 amide bonds. The van der Waals surface area contributed by atoms with E-state index >= 15 is 0 Å². The minimum absolute atomic E-state index is 0.0797. The van der Waals surface area contributed by atoms with Crippen LogP contribution in [-0.4, -0.2) is 46.5 Å². The van der Waals surface area contributed by atoms with E-state index in [1.807, 2.05) is 6.07 Å². The van der Waals surface area contributed by atoms with Gasteiger partial charge in [-0.25, -0.2) is 9.48 Å². The molecule has 0 radical (unpaired) electrons. The fourth-order valence-electron chi connectivity index (χ4n) is 2.25. The van der Waals surface area contributed by atoms with Crippen molar-refractivity contribution in [3.63, 3.8) is 0 Å². The number of amides is 1. The largest absolute Gasteiger partial charge is 0.480 e. The van der Waals surface area contributed by atoms with Crippen LogP contribution in [0.25, 0.3) is 5.69 Å². The molecule has 25 heavy (non-hydrogen) atoms. The molecule has 1 aromatic carbocycles. The predicted molar refractivity (Wildman–Crippen MR) is 90.0 cm³/mol. The first kappa shape index (κ1) is 18.3. The maximum atomic E-state index is 12.3. The highest BCUT2D eigenvalue weighted by Gasteiger charge is 2.23. The molecule has 0 spiro atoms. The van der Waals surface area contributed by atoms with Gasteiger partial charge in [-0.1, -0.05) is 18.2 Å². The molecular formula is C17H19N3O5. The van der Waals surface area contributed by atoms with Crippen molar-refractivity contribution in [1.82, 2.24) is 15.1 Å². The number of nitrogens with one attached hydrogen (secondary N) is 1. The quantitative estimate of drug-likeness (QED) is 0.766. The summed E-state index contributed by atoms with van der Waals surface area (Å²) >= 11 is 0. The van der Waals surface area contributed by atoms with Crippen LogP contribution in [0.2, 0.25) is 0 Å². The number of carbonyl (C=O) groups excluding carboxylic acids is 1. The van der Waals surface area contributed by atoms with E-state index in [9.17, 15) is 14.4 Å². The van der Waals surface area contributed by atoms with Crippen molar-refractivity contribution in [2.75, 3.05) is 13.7 Å². The van der Waals surface area contributed by atoms with Crippen LogP contribution in [0.4, 0.5) is 0 Å². The third-order valence-corrected chi connectivity index (χ3v) is 3.54. The number of ether oxygens (including phenoxy) is 1. The summed E-state index contributed by atoms with van der Waals surface area (Å²) in [5.41, 5.74) is 0.307. The number of para-hydroxylation sites is 1. The predicted octanol–water partition coefficient (Wildman–Crippen LogP) is 0.760. The lowest BCUT2D eigenvalue weighted by atomic mass is 10.2. The Balaban J connectivity index is 2.33. The van der Waals surface area contributed by atoms with Gasteiger partial charge < -0.3 is 15.2 Å². The Morgan fingerprint density at radius 1 is 1.32 bits per heavy atom. The van der Waals surface area contributed by atoms with E-state index in [0.717, 1.165) is 0 Å². The number of carboxylic acid groups (broad SMARTS) is 1. The third kappa shape index (κ3) is 4.51. The van der Waals surface area contributed by atoms with Gasteiger partial charge in [0.1, 0.15) is 6.04 Å². The molecule has 0 saturated heterocycles. The molecule has 2 aromatic rings. The van der Waals surface area contributed by atoms with Gasteiger partial charge in [0, 0.05) is 31.9 Å². The Morgan fingerprint density at radius 2 is 2.00 bits per heavy atom. The van der Waals surface area contributed by atoms with Crippen LogP contribution in [0.15, 0.2) is 41.2 Å². The normalized spacial score (nSPS) is 11.8. The smallest absolute Gasteiger partial charge is 0.326 e. The molecule has 8 heteroatoms. The van der Waals surface area contributed by atoms with Gasteiger partial charge in [-0.3, -0.25) is 9.59 Å². The first-order chi connectivity index (χ1) is 11.9. The van der Waals surface area contributed by atoms with E-state index in [4.69, 9.17) is 9.84 Å². The Labute approximate surface area is 144 Å². The van der Waals surface area contributed by atoms with Crippen LogP contribution in [0.3, 0.4) is 0 Å². The average Bonchev–Trinajstić information content (AvgIpc) is 2.59. The highest BCUT2D eigenvalue weighted by Crippen LogP contribution is 2.08. The number of aromatic nitrogens is 2. The molecule has 0 fully saturated rings. The molecule has 0 bridgehead atoms. The van der Waals surface area contributed by atoms with Gasteiger partial charge in [0.05, 0.1) is 5.69 Å². The fraction of sp³-hybridized carbons (Fsp3) is 0.294. The summed E-state index contributed by atoms with van der Waals surface area (Å²) in [7, 11) is 1.43. The first-order valence-corrected chi connectivity index (χ1v) is 7.63. The van der Waals surface area contributed by atoms with E-state index in [-0.39, 0.29) is 18.7 Å². The molecule has 132 valence electrons. The topological polar surface area (TPSA) is 111 Å². The Bertz CT molecular complexity index is 817. The lowest BCUT2D eigenvalue weighted by Crippen LogP contribution is -2.43. The fourth-order valence-corrected chi connectivity index (χ4v) is 2.25. The van der Waals surface area contributed by atoms with Gasteiger partial charge in [0.2, 0.25) is 5.43 Å². The lowest BCUT2D eigenvalue weighted by Gasteiger charge is -2.15. The van der Waals surface area contributed by atoms with Crippen LogP contribution in [0.1, 0.15) is 22.6 Å². The zero-order valence-electron chi connectivity index (χ0n) is 13.9. The molecule has 1 unspecified atom stereocenters. The van der Waals surface area contributed by atoms with E-state index in [1.165, 1.54) is 17.9 Å². The van der Waals surface area contributed by atoms with Crippen LogP contribution >= 0.6 is 0 Å². The van der Waals surface area contributed by atoms with Gasteiger partial charge in [-0.2, -0.15) is 5.10 Å². The van der Waals surface area contributed by atoms with Crippen molar-refractivity contribution in [2.45, 2.75) is 19.4 Å². The molecule has 1 atom stereocenters. The number of nitrogens with zero attached hydrogens (tertiary/aromatic N) is 2. The van der Waals surface area contributed by atoms with E-state index in [0.29, 0.717) is 11.4 Å². The summed E-state index contributed by atoms with van der Waals surface area (Å²) in [5.74, 6) is -2.04. The molecule has 0 aliphatic carbocycles. The highest BCUT2D eigenvalue weighted by molar-refractivity contribution is 5.94. The van der Waals surface area contributed by atoms with Gasteiger partial charge >= 0.3 is 5.97 Å². The number of carboxylic acids is 1. The summed E-state index contributed by atoms with van der Waals surface area (Å²) in [4.78, 5) is 35.7. The molecule has 0 aliphatic rings. The number of carbonyl (C=O) groups is 2. The second-order valence-electron chi connectivity index (χ2n) is 5.39. The van der Waals surface area contributed by atoms with Crippen molar-refractivity contribution in [3.8, 4) is 5.69 Å². The van der Waals surface area contributed by atoms with Crippen molar-refractivity contribution in [2.24, 2.45) is 0 Å². The van der Waals surface area contributed by atoms with Crippen molar-refractivity contribution >= 4 is 11.9 Å². The molecule has 0 aliphatic heterocycles. The van der Waals surface area contributed by atoms with Gasteiger partial charge in [-0.15, -0.1) is 0 Å². The average molecular weight is 345 g/mol. The first-order valence-electron chi connectivity index (χ1n) is 7.63. The molecule has 8 nitrogen and oxygen atoms in total. The van der Waals surface area contributed by atoms with Gasteiger partial charge in [-0.05, 0) is 19.1 Å². The third-order valence-electron chi connectivity index (χ3n) is 3.54. The number of aliphatic carboxylic acids is 1. The van der Waals surface area contributed by atoms with Crippen molar-refractivity contribution in [3.05, 3.63) is 58.0 Å².